The number of hydrogen-bond donors (Lipinski definition) is 0. The second-order valence-electron chi connectivity index (χ2n) is 4.76. The quantitative estimate of drug-likeness (QED) is 0.815. The van der Waals surface area contributed by atoms with Crippen molar-refractivity contribution in [3.05, 3.63) is 51.5 Å². The maximum atomic E-state index is 14.1. The van der Waals surface area contributed by atoms with Crippen LogP contribution in [0.1, 0.15) is 20.8 Å². The SMILES string of the molecule is Cc1cc(F)c2c(c1)C(=O)C(=O)N2CCc1cccs1. The van der Waals surface area contributed by atoms with E-state index in [-0.39, 0.29) is 11.3 Å². The third kappa shape index (κ3) is 2.04. The van der Waals surface area contributed by atoms with Crippen molar-refractivity contribution in [3.8, 4) is 0 Å². The highest BCUT2D eigenvalue weighted by Crippen LogP contribution is 2.33. The van der Waals surface area contributed by atoms with Crippen molar-refractivity contribution < 1.29 is 14.0 Å². The first kappa shape index (κ1) is 13.0. The van der Waals surface area contributed by atoms with Gasteiger partial charge in [-0.3, -0.25) is 9.59 Å². The Morgan fingerprint density at radius 2 is 2.10 bits per heavy atom. The highest BCUT2D eigenvalue weighted by molar-refractivity contribution is 7.09. The number of nitrogens with zero attached hydrogens (tertiary/aromatic N) is 1. The Labute approximate surface area is 119 Å². The summed E-state index contributed by atoms with van der Waals surface area (Å²) < 4.78 is 14.1. The van der Waals surface area contributed by atoms with E-state index >= 15 is 0 Å². The van der Waals surface area contributed by atoms with E-state index in [1.165, 1.54) is 11.0 Å². The number of halogens is 1. The molecule has 1 aromatic carbocycles. The van der Waals surface area contributed by atoms with Crippen molar-refractivity contribution in [2.75, 3.05) is 11.4 Å². The van der Waals surface area contributed by atoms with Gasteiger partial charge in [-0.25, -0.2) is 4.39 Å². The van der Waals surface area contributed by atoms with Gasteiger partial charge in [0.15, 0.2) is 0 Å². The van der Waals surface area contributed by atoms with Gasteiger partial charge in [0, 0.05) is 11.4 Å². The van der Waals surface area contributed by atoms with E-state index in [0.717, 1.165) is 4.88 Å². The largest absolute Gasteiger partial charge is 0.302 e. The van der Waals surface area contributed by atoms with Gasteiger partial charge in [-0.1, -0.05) is 6.07 Å². The van der Waals surface area contributed by atoms with Crippen molar-refractivity contribution in [2.24, 2.45) is 0 Å². The molecule has 0 saturated heterocycles. The van der Waals surface area contributed by atoms with Crippen LogP contribution in [0.2, 0.25) is 0 Å². The van der Waals surface area contributed by atoms with Gasteiger partial charge >= 0.3 is 0 Å². The van der Waals surface area contributed by atoms with E-state index in [1.807, 2.05) is 17.5 Å². The second-order valence-corrected chi connectivity index (χ2v) is 5.79. The van der Waals surface area contributed by atoms with Gasteiger partial charge in [0.25, 0.3) is 11.7 Å². The van der Waals surface area contributed by atoms with Crippen molar-refractivity contribution in [2.45, 2.75) is 13.3 Å². The highest BCUT2D eigenvalue weighted by atomic mass is 32.1. The van der Waals surface area contributed by atoms with Crippen LogP contribution in [0.4, 0.5) is 10.1 Å². The fourth-order valence-corrected chi connectivity index (χ4v) is 3.11. The molecule has 0 atom stereocenters. The average Bonchev–Trinajstić information content (AvgIpc) is 2.98. The minimum Gasteiger partial charge on any atom is -0.302 e. The predicted octanol–water partition coefficient (Wildman–Crippen LogP) is 2.97. The summed E-state index contributed by atoms with van der Waals surface area (Å²) in [5.41, 5.74) is 0.948. The normalized spacial score (nSPS) is 14.0. The number of rotatable bonds is 3. The summed E-state index contributed by atoms with van der Waals surface area (Å²) in [5.74, 6) is -1.76. The topological polar surface area (TPSA) is 37.4 Å². The van der Waals surface area contributed by atoms with Gasteiger partial charge in [0.2, 0.25) is 0 Å². The van der Waals surface area contributed by atoms with Crippen molar-refractivity contribution in [1.82, 2.24) is 0 Å². The Bertz CT molecular complexity index is 694. The van der Waals surface area contributed by atoms with Crippen LogP contribution in [0.15, 0.2) is 29.6 Å². The number of thiophene rings is 1. The monoisotopic (exact) mass is 289 g/mol. The molecular formula is C15H12FNO2S. The number of ketones is 1. The molecule has 3 nitrogen and oxygen atoms in total. The third-order valence-electron chi connectivity index (χ3n) is 3.32. The van der Waals surface area contributed by atoms with Crippen LogP contribution >= 0.6 is 11.3 Å². The molecule has 3 rings (SSSR count). The van der Waals surface area contributed by atoms with Gasteiger partial charge in [-0.15, -0.1) is 11.3 Å². The van der Waals surface area contributed by atoms with Crippen LogP contribution < -0.4 is 4.90 Å². The first-order chi connectivity index (χ1) is 9.58. The number of carbonyl (C=O) groups excluding carboxylic acids is 2. The fourth-order valence-electron chi connectivity index (χ4n) is 2.41. The minimum absolute atomic E-state index is 0.127. The zero-order chi connectivity index (χ0) is 14.3. The maximum Gasteiger partial charge on any atom is 0.299 e. The first-order valence-corrected chi connectivity index (χ1v) is 7.14. The summed E-state index contributed by atoms with van der Waals surface area (Å²) in [6, 6.07) is 6.81. The van der Waals surface area contributed by atoms with Gasteiger partial charge in [0.05, 0.1) is 11.3 Å². The molecule has 1 aliphatic rings. The molecular weight excluding hydrogens is 277 g/mol. The Hall–Kier alpha value is -2.01. The van der Waals surface area contributed by atoms with E-state index in [0.29, 0.717) is 18.5 Å². The zero-order valence-electron chi connectivity index (χ0n) is 10.9. The molecule has 0 saturated carbocycles. The number of hydrogen-bond acceptors (Lipinski definition) is 3. The molecule has 2 aromatic rings. The van der Waals surface area contributed by atoms with Crippen LogP contribution in [0.3, 0.4) is 0 Å². The summed E-state index contributed by atoms with van der Waals surface area (Å²) in [6.45, 7) is 2.02. The molecule has 0 N–H and O–H groups in total. The molecule has 0 radical (unpaired) electrons. The van der Waals surface area contributed by atoms with Crippen LogP contribution in [-0.2, 0) is 11.2 Å². The van der Waals surface area contributed by atoms with E-state index in [2.05, 4.69) is 0 Å². The molecule has 1 amide bonds. The van der Waals surface area contributed by atoms with Crippen LogP contribution in [0.25, 0.3) is 0 Å². The summed E-state index contributed by atoms with van der Waals surface area (Å²) in [4.78, 5) is 26.3. The lowest BCUT2D eigenvalue weighted by atomic mass is 10.1. The molecule has 0 aliphatic carbocycles. The molecule has 5 heteroatoms. The van der Waals surface area contributed by atoms with Gasteiger partial charge in [-0.05, 0) is 42.5 Å². The molecule has 0 bridgehead atoms. The van der Waals surface area contributed by atoms with Crippen molar-refractivity contribution >= 4 is 28.7 Å². The number of aryl methyl sites for hydroxylation is 1. The Kier molecular flexibility index (Phi) is 3.14. The van der Waals surface area contributed by atoms with Crippen LogP contribution in [-0.4, -0.2) is 18.2 Å². The summed E-state index contributed by atoms with van der Waals surface area (Å²) in [7, 11) is 0. The second kappa shape index (κ2) is 4.83. The summed E-state index contributed by atoms with van der Waals surface area (Å²) >= 11 is 1.58. The molecule has 102 valence electrons. The number of fused-ring (bicyclic) bond motifs is 1. The summed E-state index contributed by atoms with van der Waals surface area (Å²) in [5, 5.41) is 1.95. The van der Waals surface area contributed by atoms with Crippen LogP contribution in [0.5, 0.6) is 0 Å². The predicted molar refractivity (Wildman–Crippen MR) is 75.8 cm³/mol. The Morgan fingerprint density at radius 1 is 1.30 bits per heavy atom. The molecule has 1 aliphatic heterocycles. The van der Waals surface area contributed by atoms with E-state index in [1.54, 1.807) is 24.3 Å². The first-order valence-electron chi connectivity index (χ1n) is 6.26. The third-order valence-corrected chi connectivity index (χ3v) is 4.26. The van der Waals surface area contributed by atoms with Crippen molar-refractivity contribution in [1.29, 1.82) is 0 Å². The lowest BCUT2D eigenvalue weighted by Crippen LogP contribution is -2.32. The zero-order valence-corrected chi connectivity index (χ0v) is 11.7. The average molecular weight is 289 g/mol. The molecule has 0 unspecified atom stereocenters. The van der Waals surface area contributed by atoms with Gasteiger partial charge in [-0.2, -0.15) is 0 Å². The fraction of sp³-hybridized carbons (Fsp3) is 0.200. The maximum absolute atomic E-state index is 14.1. The molecule has 20 heavy (non-hydrogen) atoms. The van der Waals surface area contributed by atoms with E-state index in [9.17, 15) is 14.0 Å². The Balaban J connectivity index is 1.93. The number of amides is 1. The number of benzene rings is 1. The molecule has 1 aromatic heterocycles. The lowest BCUT2D eigenvalue weighted by Gasteiger charge is -2.16. The number of Topliss-reactive ketones (excluding diaryl/α,β-unsaturated/α-hetero) is 1. The Morgan fingerprint density at radius 3 is 2.80 bits per heavy atom. The van der Waals surface area contributed by atoms with Crippen molar-refractivity contribution in [3.63, 3.8) is 0 Å². The van der Waals surface area contributed by atoms with Gasteiger partial charge < -0.3 is 4.90 Å². The number of carbonyl (C=O) groups is 2. The lowest BCUT2D eigenvalue weighted by molar-refractivity contribution is -0.114. The van der Waals surface area contributed by atoms with Gasteiger partial charge in [0.1, 0.15) is 5.82 Å². The summed E-state index contributed by atoms with van der Waals surface area (Å²) in [6.07, 6.45) is 0.615. The smallest absolute Gasteiger partial charge is 0.299 e. The standard InChI is InChI=1S/C15H12FNO2S/c1-9-7-11-13(12(16)8-9)17(15(19)14(11)18)5-4-10-3-2-6-20-10/h2-3,6-8H,4-5H2,1H3. The minimum atomic E-state index is -0.638. The number of anilines is 1. The molecule has 0 spiro atoms. The molecule has 0 fully saturated rings. The van der Waals surface area contributed by atoms with Crippen LogP contribution in [0, 0.1) is 12.7 Å². The van der Waals surface area contributed by atoms with E-state index in [4.69, 9.17) is 0 Å². The molecule has 2 heterocycles. The highest BCUT2D eigenvalue weighted by Gasteiger charge is 2.37. The van der Waals surface area contributed by atoms with E-state index < -0.39 is 17.5 Å².